The van der Waals surface area contributed by atoms with Gasteiger partial charge < -0.3 is 10.3 Å². The molecule has 3 N–H and O–H groups in total. The highest BCUT2D eigenvalue weighted by Crippen LogP contribution is 2.24. The summed E-state index contributed by atoms with van der Waals surface area (Å²) in [6, 6.07) is -0.807. The summed E-state index contributed by atoms with van der Waals surface area (Å²) in [5, 5.41) is 5.05. The van der Waals surface area contributed by atoms with Crippen molar-refractivity contribution in [1.82, 2.24) is 20.6 Å². The molecule has 17 heavy (non-hydrogen) atoms. The fraction of sp³-hybridized carbons (Fsp3) is 0.556. The highest BCUT2D eigenvalue weighted by Gasteiger charge is 2.42. The van der Waals surface area contributed by atoms with Crippen molar-refractivity contribution in [2.24, 2.45) is 0 Å². The van der Waals surface area contributed by atoms with Crippen LogP contribution in [-0.4, -0.2) is 34.4 Å². The third kappa shape index (κ3) is 3.64. The Bertz CT molecular complexity index is 371. The SMILES string of the molecule is Cl.O=C(NCc1cnc[nH]1)C1CC(F)(F)CN1. The molecule has 1 atom stereocenters. The van der Waals surface area contributed by atoms with Gasteiger partial charge in [-0.2, -0.15) is 0 Å². The Morgan fingerprint density at radius 2 is 2.41 bits per heavy atom. The van der Waals surface area contributed by atoms with Crippen molar-refractivity contribution in [3.05, 3.63) is 18.2 Å². The number of H-pyrrole nitrogens is 1. The Labute approximate surface area is 103 Å². The number of carbonyl (C=O) groups is 1. The van der Waals surface area contributed by atoms with Crippen LogP contribution in [0.15, 0.2) is 12.5 Å². The summed E-state index contributed by atoms with van der Waals surface area (Å²) in [5.74, 6) is -3.19. The van der Waals surface area contributed by atoms with E-state index in [1.165, 1.54) is 6.33 Å². The van der Waals surface area contributed by atoms with Gasteiger partial charge in [-0.15, -0.1) is 12.4 Å². The Hall–Kier alpha value is -1.21. The summed E-state index contributed by atoms with van der Waals surface area (Å²) in [4.78, 5) is 18.1. The summed E-state index contributed by atoms with van der Waals surface area (Å²) < 4.78 is 25.6. The van der Waals surface area contributed by atoms with Crippen LogP contribution in [0.3, 0.4) is 0 Å². The van der Waals surface area contributed by atoms with Crippen molar-refractivity contribution >= 4 is 18.3 Å². The Balaban J connectivity index is 0.00000144. The number of carbonyl (C=O) groups excluding carboxylic acids is 1. The van der Waals surface area contributed by atoms with E-state index in [4.69, 9.17) is 0 Å². The number of nitrogens with one attached hydrogen (secondary N) is 3. The normalized spacial score (nSPS) is 21.9. The molecule has 0 radical (unpaired) electrons. The molecule has 1 fully saturated rings. The summed E-state index contributed by atoms with van der Waals surface area (Å²) in [6.45, 7) is -0.169. The van der Waals surface area contributed by atoms with E-state index in [0.717, 1.165) is 5.69 Å². The average molecular weight is 267 g/mol. The first-order valence-corrected chi connectivity index (χ1v) is 4.93. The van der Waals surface area contributed by atoms with Gasteiger partial charge in [0.1, 0.15) is 0 Å². The van der Waals surface area contributed by atoms with Crippen LogP contribution in [-0.2, 0) is 11.3 Å². The van der Waals surface area contributed by atoms with E-state index in [1.807, 2.05) is 0 Å². The van der Waals surface area contributed by atoms with E-state index in [0.29, 0.717) is 0 Å². The van der Waals surface area contributed by atoms with E-state index < -0.39 is 30.8 Å². The van der Waals surface area contributed by atoms with Crippen molar-refractivity contribution in [1.29, 1.82) is 0 Å². The van der Waals surface area contributed by atoms with Crippen molar-refractivity contribution in [2.45, 2.75) is 24.9 Å². The predicted octanol–water partition coefficient (Wildman–Crippen LogP) is 0.445. The molecule has 2 heterocycles. The van der Waals surface area contributed by atoms with Crippen LogP contribution in [0.1, 0.15) is 12.1 Å². The van der Waals surface area contributed by atoms with Gasteiger partial charge in [-0.3, -0.25) is 10.1 Å². The molecule has 0 saturated carbocycles. The first-order valence-electron chi connectivity index (χ1n) is 4.93. The zero-order valence-electron chi connectivity index (χ0n) is 8.87. The van der Waals surface area contributed by atoms with Gasteiger partial charge in [-0.25, -0.2) is 13.8 Å². The summed E-state index contributed by atoms with van der Waals surface area (Å²) in [7, 11) is 0. The quantitative estimate of drug-likeness (QED) is 0.744. The van der Waals surface area contributed by atoms with Gasteiger partial charge in [-0.1, -0.05) is 0 Å². The van der Waals surface area contributed by atoms with Crippen molar-refractivity contribution in [2.75, 3.05) is 6.54 Å². The molecule has 0 spiro atoms. The standard InChI is InChI=1S/C9H12F2N4O.ClH/c10-9(11)1-7(14-4-9)8(16)13-3-6-2-12-5-15-6;/h2,5,7,14H,1,3-4H2,(H,12,15)(H,13,16);1H. The van der Waals surface area contributed by atoms with Crippen molar-refractivity contribution < 1.29 is 13.6 Å². The summed E-state index contributed by atoms with van der Waals surface area (Å²) >= 11 is 0. The minimum atomic E-state index is -2.78. The maximum absolute atomic E-state index is 12.8. The fourth-order valence-electron chi connectivity index (χ4n) is 1.59. The number of halogens is 3. The molecular weight excluding hydrogens is 254 g/mol. The van der Waals surface area contributed by atoms with Crippen LogP contribution in [0, 0.1) is 0 Å². The van der Waals surface area contributed by atoms with Crippen LogP contribution in [0.4, 0.5) is 8.78 Å². The molecule has 1 saturated heterocycles. The lowest BCUT2D eigenvalue weighted by Gasteiger charge is -2.10. The second kappa shape index (κ2) is 5.42. The molecule has 0 aromatic carbocycles. The Morgan fingerprint density at radius 1 is 1.65 bits per heavy atom. The van der Waals surface area contributed by atoms with E-state index in [-0.39, 0.29) is 19.0 Å². The number of aromatic nitrogens is 2. The number of hydrogen-bond donors (Lipinski definition) is 3. The number of alkyl halides is 2. The molecule has 1 aliphatic rings. The van der Waals surface area contributed by atoms with Gasteiger partial charge in [0.15, 0.2) is 0 Å². The predicted molar refractivity (Wildman–Crippen MR) is 59.0 cm³/mol. The molecule has 1 unspecified atom stereocenters. The van der Waals surface area contributed by atoms with E-state index in [2.05, 4.69) is 20.6 Å². The fourth-order valence-corrected chi connectivity index (χ4v) is 1.59. The number of rotatable bonds is 3. The maximum Gasteiger partial charge on any atom is 0.262 e. The maximum atomic E-state index is 12.8. The number of amides is 1. The van der Waals surface area contributed by atoms with Gasteiger partial charge in [-0.05, 0) is 0 Å². The molecular formula is C9H13ClF2N4O. The molecule has 5 nitrogen and oxygen atoms in total. The monoisotopic (exact) mass is 266 g/mol. The van der Waals surface area contributed by atoms with Crippen LogP contribution in [0.2, 0.25) is 0 Å². The molecule has 1 aliphatic heterocycles. The van der Waals surface area contributed by atoms with E-state index in [1.54, 1.807) is 6.20 Å². The third-order valence-corrected chi connectivity index (χ3v) is 2.43. The third-order valence-electron chi connectivity index (χ3n) is 2.43. The number of imidazole rings is 1. The van der Waals surface area contributed by atoms with Gasteiger partial charge in [0, 0.05) is 12.6 Å². The zero-order chi connectivity index (χ0) is 11.6. The largest absolute Gasteiger partial charge is 0.349 e. The minimum Gasteiger partial charge on any atom is -0.349 e. The van der Waals surface area contributed by atoms with Crippen LogP contribution < -0.4 is 10.6 Å². The highest BCUT2D eigenvalue weighted by atomic mass is 35.5. The molecule has 1 aromatic heterocycles. The second-order valence-electron chi connectivity index (χ2n) is 3.79. The molecule has 0 bridgehead atoms. The van der Waals surface area contributed by atoms with E-state index in [9.17, 15) is 13.6 Å². The lowest BCUT2D eigenvalue weighted by Crippen LogP contribution is -2.40. The minimum absolute atomic E-state index is 0. The van der Waals surface area contributed by atoms with Gasteiger partial charge in [0.05, 0.1) is 31.2 Å². The highest BCUT2D eigenvalue weighted by molar-refractivity contribution is 5.85. The number of aromatic amines is 1. The van der Waals surface area contributed by atoms with Gasteiger partial charge >= 0.3 is 0 Å². The smallest absolute Gasteiger partial charge is 0.262 e. The zero-order valence-corrected chi connectivity index (χ0v) is 9.69. The molecule has 1 amide bonds. The lowest BCUT2D eigenvalue weighted by atomic mass is 10.2. The Kier molecular flexibility index (Phi) is 4.41. The molecule has 1 aromatic rings. The molecule has 96 valence electrons. The van der Waals surface area contributed by atoms with Crippen molar-refractivity contribution in [3.63, 3.8) is 0 Å². The molecule has 8 heteroatoms. The number of nitrogens with zero attached hydrogens (tertiary/aromatic N) is 1. The average Bonchev–Trinajstić information content (AvgIpc) is 2.83. The van der Waals surface area contributed by atoms with Crippen LogP contribution >= 0.6 is 12.4 Å². The van der Waals surface area contributed by atoms with Crippen molar-refractivity contribution in [3.8, 4) is 0 Å². The Morgan fingerprint density at radius 3 is 2.94 bits per heavy atom. The molecule has 2 rings (SSSR count). The van der Waals surface area contributed by atoms with Gasteiger partial charge in [0.25, 0.3) is 5.92 Å². The first kappa shape index (κ1) is 13.9. The topological polar surface area (TPSA) is 69.8 Å². The van der Waals surface area contributed by atoms with E-state index >= 15 is 0 Å². The van der Waals surface area contributed by atoms with Crippen LogP contribution in [0.5, 0.6) is 0 Å². The van der Waals surface area contributed by atoms with Gasteiger partial charge in [0.2, 0.25) is 5.91 Å². The summed E-state index contributed by atoms with van der Waals surface area (Å²) in [5.41, 5.74) is 0.734. The number of hydrogen-bond acceptors (Lipinski definition) is 3. The summed E-state index contributed by atoms with van der Waals surface area (Å²) in [6.07, 6.45) is 2.61. The lowest BCUT2D eigenvalue weighted by molar-refractivity contribution is -0.123. The molecule has 0 aliphatic carbocycles. The van der Waals surface area contributed by atoms with Crippen LogP contribution in [0.25, 0.3) is 0 Å². The second-order valence-corrected chi connectivity index (χ2v) is 3.79. The first-order chi connectivity index (χ1) is 7.57.